The fraction of sp³-hybridized carbons (Fsp3) is 0. The third-order valence-corrected chi connectivity index (χ3v) is 0. The molecule has 16 N–H and O–H groups in total. The zero-order chi connectivity index (χ0) is 9.00. The van der Waals surface area contributed by atoms with Gasteiger partial charge in [0.2, 0.25) is 0 Å². The topological polar surface area (TPSA) is 413 Å². The molecule has 0 fully saturated rings. The minimum atomic E-state index is -5.75. The normalized spacial score (nSPS) is 5.04. The van der Waals surface area contributed by atoms with Crippen LogP contribution in [-0.2, 0) is 128 Å². The van der Waals surface area contributed by atoms with E-state index in [9.17, 15) is 0 Å². The molecular weight excluding hydrogens is 632 g/mol. The minimum absolute atomic E-state index is 0. The van der Waals surface area contributed by atoms with Gasteiger partial charge in [-0.25, -0.2) is 0 Å². The zero-order valence-corrected chi connectivity index (χ0v) is 18.4. The van der Waals surface area contributed by atoms with Crippen LogP contribution in [0.25, 0.3) is 0 Å². The van der Waals surface area contributed by atoms with Crippen LogP contribution in [0.5, 0.6) is 0 Å². The van der Waals surface area contributed by atoms with E-state index in [1.165, 1.54) is 0 Å². The molecule has 0 spiro atoms. The molecule has 0 aliphatic rings. The Morgan fingerprint density at radius 1 is 0.435 bits per heavy atom. The SMILES string of the molecule is O.O.O.O.O.O.O.O.[Cr].[Cr].[Fe].[Fe].[Fe].[H+].[H+].[H+].[H+].[H+].[H+].[H+].[H+].[H+].[H+].[O]=[Cr](=[O])([O-])[O-].[O]=[Cr](=[O])([O-])[O-]. The first-order chi connectivity index (χ1) is 4.00. The molecule has 0 saturated carbocycles. The van der Waals surface area contributed by atoms with E-state index in [-0.39, 0.29) is 144 Å². The standard InChI is InChI=1S/4Cr.3Fe.8H2O.8O/h;;;;;;;8*1H2;;;;;;;;/q;;;;;;;;;;;;;;;;;;;4*-1/p+10. The van der Waals surface area contributed by atoms with Gasteiger partial charge in [-0.15, -0.1) is 0 Å². The summed E-state index contributed by atoms with van der Waals surface area (Å²) in [4.78, 5) is 0. The van der Waals surface area contributed by atoms with Gasteiger partial charge < -0.3 is 43.8 Å². The molecule has 0 radical (unpaired) electrons. The van der Waals surface area contributed by atoms with Crippen molar-refractivity contribution in [2.45, 2.75) is 0 Å². The average molecular weight is 658 g/mol. The van der Waals surface area contributed by atoms with Crippen LogP contribution in [0.15, 0.2) is 0 Å². The maximum atomic E-state index is 8.59. The van der Waals surface area contributed by atoms with Gasteiger partial charge in [0.1, 0.15) is 0 Å². The second kappa shape index (κ2) is 64.4. The molecule has 0 saturated heterocycles. The van der Waals surface area contributed by atoms with Crippen molar-refractivity contribution < 1.29 is 203 Å². The molecule has 164 valence electrons. The summed E-state index contributed by atoms with van der Waals surface area (Å²) in [6.07, 6.45) is 0. The van der Waals surface area contributed by atoms with Gasteiger partial charge in [-0.2, -0.15) is 0 Å². The summed E-state index contributed by atoms with van der Waals surface area (Å²) in [5.41, 5.74) is 0. The van der Waals surface area contributed by atoms with Crippen molar-refractivity contribution in [1.82, 2.24) is 0 Å². The predicted molar refractivity (Wildman–Crippen MR) is 42.8 cm³/mol. The molecule has 0 aromatic rings. The first-order valence-corrected chi connectivity index (χ1v) is 5.50. The monoisotopic (exact) mass is 658 g/mol. The molecule has 0 atom stereocenters. The zero-order valence-electron chi connectivity index (χ0n) is 20.0. The summed E-state index contributed by atoms with van der Waals surface area (Å²) >= 11 is -11.5. The Balaban J connectivity index is -0.000000000994. The molecule has 0 aliphatic heterocycles. The molecule has 0 heterocycles. The van der Waals surface area contributed by atoms with Crippen LogP contribution in [0.4, 0.5) is 0 Å². The van der Waals surface area contributed by atoms with E-state index in [0.717, 1.165) is 0 Å². The molecule has 0 aliphatic carbocycles. The molecule has 0 amide bonds. The number of rotatable bonds is 0. The van der Waals surface area contributed by atoms with Crippen molar-refractivity contribution in [2.75, 3.05) is 0 Å². The van der Waals surface area contributed by atoms with Gasteiger partial charge >= 0.3 is 73.3 Å². The Morgan fingerprint density at radius 3 is 0.435 bits per heavy atom. The van der Waals surface area contributed by atoms with Crippen molar-refractivity contribution in [1.29, 1.82) is 0 Å². The van der Waals surface area contributed by atoms with Crippen LogP contribution in [0, 0.1) is 0 Å². The Morgan fingerprint density at radius 2 is 0.435 bits per heavy atom. The van der Waals surface area contributed by atoms with Gasteiger partial charge in [-0.1, -0.05) is 0 Å². The summed E-state index contributed by atoms with van der Waals surface area (Å²) in [6, 6.07) is 0. The Labute approximate surface area is 202 Å². The molecule has 0 bridgehead atoms. The van der Waals surface area contributed by atoms with Crippen molar-refractivity contribution in [3.63, 3.8) is 0 Å². The molecule has 0 aromatic heterocycles. The Kier molecular flexibility index (Phi) is 391. The summed E-state index contributed by atoms with van der Waals surface area (Å²) in [5, 5.41) is 0. The van der Waals surface area contributed by atoms with Crippen molar-refractivity contribution in [3.8, 4) is 0 Å². The molecule has 16 nitrogen and oxygen atoms in total. The van der Waals surface area contributed by atoms with E-state index in [1.807, 2.05) is 0 Å². The first-order valence-electron chi connectivity index (χ1n) is 1.33. The molecular formula is H26Cr4Fe3O16+6. The molecule has 23 heavy (non-hydrogen) atoms. The molecule has 0 aromatic carbocycles. The fourth-order valence-electron chi connectivity index (χ4n) is 0. The van der Waals surface area contributed by atoms with Crippen LogP contribution < -0.4 is 16.6 Å². The Hall–Kier alpha value is 2.41. The predicted octanol–water partition coefficient (Wildman–Crippen LogP) is -10.7. The van der Waals surface area contributed by atoms with Gasteiger partial charge in [0.25, 0.3) is 0 Å². The third kappa shape index (κ3) is 2110. The van der Waals surface area contributed by atoms with Gasteiger partial charge in [-0.3, -0.25) is 0 Å². The van der Waals surface area contributed by atoms with Crippen LogP contribution in [-0.4, -0.2) is 43.8 Å². The summed E-state index contributed by atoms with van der Waals surface area (Å²) in [7, 11) is 0. The van der Waals surface area contributed by atoms with E-state index < -0.39 is 27.2 Å². The quantitative estimate of drug-likeness (QED) is 0.224. The molecule has 0 rings (SSSR count). The van der Waals surface area contributed by atoms with Crippen LogP contribution in [0.1, 0.15) is 14.3 Å². The van der Waals surface area contributed by atoms with E-state index in [1.54, 1.807) is 0 Å². The van der Waals surface area contributed by atoms with Crippen molar-refractivity contribution >= 4 is 0 Å². The number of hydrogen-bond acceptors (Lipinski definition) is 8. The van der Waals surface area contributed by atoms with Crippen molar-refractivity contribution in [3.05, 3.63) is 0 Å². The Bertz CT molecular complexity index is 253. The number of hydrogen-bond donors (Lipinski definition) is 0. The summed E-state index contributed by atoms with van der Waals surface area (Å²) in [6.45, 7) is 0. The van der Waals surface area contributed by atoms with Gasteiger partial charge in [0.05, 0.1) is 0 Å². The molecule has 0 unspecified atom stereocenters. The van der Waals surface area contributed by atoms with Crippen LogP contribution >= 0.6 is 0 Å². The van der Waals surface area contributed by atoms with Gasteiger partial charge in [0.15, 0.2) is 0 Å². The van der Waals surface area contributed by atoms with E-state index in [0.29, 0.717) is 0 Å². The average Bonchev–Trinajstić information content (AvgIpc) is 1.12. The second-order valence-corrected chi connectivity index (χ2v) is 3.37. The van der Waals surface area contributed by atoms with Gasteiger partial charge in [-0.05, 0) is 0 Å². The third-order valence-electron chi connectivity index (χ3n) is 0. The maximum absolute atomic E-state index is 8.59. The van der Waals surface area contributed by atoms with Gasteiger partial charge in [0, 0.05) is 85.9 Å². The first kappa shape index (κ1) is 140. The fourth-order valence-corrected chi connectivity index (χ4v) is 0. The van der Waals surface area contributed by atoms with Crippen LogP contribution in [0.2, 0.25) is 0 Å². The van der Waals surface area contributed by atoms with Crippen LogP contribution in [0.3, 0.4) is 0 Å². The second-order valence-electron chi connectivity index (χ2n) is 0.816. The van der Waals surface area contributed by atoms with E-state index >= 15 is 0 Å². The summed E-state index contributed by atoms with van der Waals surface area (Å²) in [5.74, 6) is 0. The van der Waals surface area contributed by atoms with E-state index in [2.05, 4.69) is 0 Å². The van der Waals surface area contributed by atoms with E-state index in [4.69, 9.17) is 31.8 Å². The van der Waals surface area contributed by atoms with Crippen molar-refractivity contribution in [2.24, 2.45) is 0 Å². The summed E-state index contributed by atoms with van der Waals surface area (Å²) < 4.78 is 68.8. The molecule has 23 heteroatoms.